The van der Waals surface area contributed by atoms with Crippen LogP contribution < -0.4 is 9.47 Å². The van der Waals surface area contributed by atoms with Crippen LogP contribution in [-0.2, 0) is 4.79 Å². The van der Waals surface area contributed by atoms with E-state index in [9.17, 15) is 4.79 Å². The zero-order valence-corrected chi connectivity index (χ0v) is 12.3. The lowest BCUT2D eigenvalue weighted by Gasteiger charge is -2.32. The zero-order chi connectivity index (χ0) is 14.5. The molecule has 1 aliphatic heterocycles. The van der Waals surface area contributed by atoms with Gasteiger partial charge in [0, 0.05) is 38.2 Å². The maximum absolute atomic E-state index is 11.8. The highest BCUT2D eigenvalue weighted by molar-refractivity contribution is 6.30. The average Bonchev–Trinajstić information content (AvgIpc) is 2.47. The van der Waals surface area contributed by atoms with Gasteiger partial charge in [0.05, 0.1) is 7.11 Å². The molecule has 0 aliphatic carbocycles. The summed E-state index contributed by atoms with van der Waals surface area (Å²) < 4.78 is 10.7. The zero-order valence-electron chi connectivity index (χ0n) is 11.6. The quantitative estimate of drug-likeness (QED) is 0.788. The van der Waals surface area contributed by atoms with Gasteiger partial charge in [-0.15, -0.1) is 11.6 Å². The largest absolute Gasteiger partial charge is 0.474 e. The van der Waals surface area contributed by atoms with Gasteiger partial charge in [0.1, 0.15) is 11.5 Å². The first-order valence-corrected chi connectivity index (χ1v) is 7.00. The SMILES string of the molecule is COc1nccc(OC2CCN(C(=O)C(C)Cl)CC2)n1. The number of piperidine rings is 1. The van der Waals surface area contributed by atoms with E-state index in [1.54, 1.807) is 24.1 Å². The second kappa shape index (κ2) is 6.74. The number of methoxy groups -OCH3 is 1. The van der Waals surface area contributed by atoms with E-state index in [2.05, 4.69) is 9.97 Å². The molecule has 1 atom stereocenters. The van der Waals surface area contributed by atoms with Crippen molar-refractivity contribution in [2.45, 2.75) is 31.2 Å². The fourth-order valence-electron chi connectivity index (χ4n) is 2.11. The molecule has 0 N–H and O–H groups in total. The van der Waals surface area contributed by atoms with Gasteiger partial charge >= 0.3 is 6.01 Å². The van der Waals surface area contributed by atoms with Crippen LogP contribution in [0, 0.1) is 0 Å². The number of alkyl halides is 1. The van der Waals surface area contributed by atoms with Crippen molar-refractivity contribution in [1.29, 1.82) is 0 Å². The van der Waals surface area contributed by atoms with Crippen molar-refractivity contribution in [1.82, 2.24) is 14.9 Å². The number of likely N-dealkylation sites (tertiary alicyclic amines) is 1. The Balaban J connectivity index is 1.86. The van der Waals surface area contributed by atoms with Crippen LogP contribution in [0.15, 0.2) is 12.3 Å². The lowest BCUT2D eigenvalue weighted by atomic mass is 10.1. The van der Waals surface area contributed by atoms with Crippen LogP contribution in [0.2, 0.25) is 0 Å². The molecule has 1 amide bonds. The van der Waals surface area contributed by atoms with Crippen LogP contribution in [0.5, 0.6) is 11.9 Å². The molecular formula is C13H18ClN3O3. The molecule has 0 radical (unpaired) electrons. The van der Waals surface area contributed by atoms with Crippen LogP contribution in [-0.4, -0.2) is 52.5 Å². The van der Waals surface area contributed by atoms with Crippen LogP contribution in [0.25, 0.3) is 0 Å². The van der Waals surface area contributed by atoms with E-state index in [-0.39, 0.29) is 18.0 Å². The molecular weight excluding hydrogens is 282 g/mol. The predicted octanol–water partition coefficient (Wildman–Crippen LogP) is 1.48. The molecule has 2 heterocycles. The third-order valence-electron chi connectivity index (χ3n) is 3.17. The minimum Gasteiger partial charge on any atom is -0.474 e. The normalized spacial score (nSPS) is 17.6. The Morgan fingerprint density at radius 2 is 2.20 bits per heavy atom. The molecule has 0 aromatic carbocycles. The van der Waals surface area contributed by atoms with Crippen molar-refractivity contribution >= 4 is 17.5 Å². The van der Waals surface area contributed by atoms with Gasteiger partial charge in [0.15, 0.2) is 0 Å². The number of halogens is 1. The van der Waals surface area contributed by atoms with Gasteiger partial charge in [-0.05, 0) is 6.92 Å². The number of nitrogens with zero attached hydrogens (tertiary/aromatic N) is 3. The van der Waals surface area contributed by atoms with Crippen LogP contribution in [0.1, 0.15) is 19.8 Å². The topological polar surface area (TPSA) is 64.6 Å². The second-order valence-corrected chi connectivity index (χ2v) is 5.29. The fraction of sp³-hybridized carbons (Fsp3) is 0.615. The molecule has 0 spiro atoms. The predicted molar refractivity (Wildman–Crippen MR) is 74.1 cm³/mol. The maximum Gasteiger partial charge on any atom is 0.319 e. The van der Waals surface area contributed by atoms with E-state index in [4.69, 9.17) is 21.1 Å². The molecule has 1 aromatic rings. The Kier molecular flexibility index (Phi) is 5.00. The summed E-state index contributed by atoms with van der Waals surface area (Å²) in [5.74, 6) is 0.473. The van der Waals surface area contributed by atoms with Crippen molar-refractivity contribution in [2.75, 3.05) is 20.2 Å². The number of hydrogen-bond donors (Lipinski definition) is 0. The Morgan fingerprint density at radius 3 is 2.80 bits per heavy atom. The molecule has 1 unspecified atom stereocenters. The number of carbonyl (C=O) groups is 1. The van der Waals surface area contributed by atoms with E-state index in [0.29, 0.717) is 19.0 Å². The van der Waals surface area contributed by atoms with Gasteiger partial charge < -0.3 is 14.4 Å². The lowest BCUT2D eigenvalue weighted by molar-refractivity contribution is -0.132. The standard InChI is InChI=1S/C13H18ClN3O3/c1-9(14)12(18)17-7-4-10(5-8-17)20-11-3-6-15-13(16-11)19-2/h3,6,9-10H,4-5,7-8H2,1-2H3. The Labute approximate surface area is 123 Å². The summed E-state index contributed by atoms with van der Waals surface area (Å²) in [5.41, 5.74) is 0. The minimum absolute atomic E-state index is 0.0196. The molecule has 7 heteroatoms. The first kappa shape index (κ1) is 14.8. The van der Waals surface area contributed by atoms with Gasteiger partial charge in [-0.2, -0.15) is 4.98 Å². The lowest BCUT2D eigenvalue weighted by Crippen LogP contribution is -2.44. The monoisotopic (exact) mass is 299 g/mol. The number of amides is 1. The second-order valence-electron chi connectivity index (χ2n) is 4.64. The van der Waals surface area contributed by atoms with Crippen molar-refractivity contribution < 1.29 is 14.3 Å². The summed E-state index contributed by atoms with van der Waals surface area (Å²) in [6, 6.07) is 1.98. The molecule has 110 valence electrons. The van der Waals surface area contributed by atoms with Crippen molar-refractivity contribution in [3.63, 3.8) is 0 Å². The Hall–Kier alpha value is -1.56. The van der Waals surface area contributed by atoms with Crippen molar-refractivity contribution in [3.8, 4) is 11.9 Å². The smallest absolute Gasteiger partial charge is 0.319 e. The summed E-state index contributed by atoms with van der Waals surface area (Å²) in [6.45, 7) is 3.01. The number of carbonyl (C=O) groups excluding carboxylic acids is 1. The molecule has 0 bridgehead atoms. The van der Waals surface area contributed by atoms with E-state index < -0.39 is 5.38 Å². The van der Waals surface area contributed by atoms with Gasteiger partial charge in [-0.1, -0.05) is 0 Å². The first-order valence-electron chi connectivity index (χ1n) is 6.56. The molecule has 2 rings (SSSR count). The summed E-state index contributed by atoms with van der Waals surface area (Å²) in [4.78, 5) is 21.6. The van der Waals surface area contributed by atoms with Gasteiger partial charge in [0.2, 0.25) is 11.8 Å². The summed E-state index contributed by atoms with van der Waals surface area (Å²) in [6.07, 6.45) is 3.17. The summed E-state index contributed by atoms with van der Waals surface area (Å²) in [5, 5.41) is -0.474. The first-order chi connectivity index (χ1) is 9.60. The highest BCUT2D eigenvalue weighted by Gasteiger charge is 2.26. The average molecular weight is 300 g/mol. The van der Waals surface area contributed by atoms with Gasteiger partial charge in [0.25, 0.3) is 0 Å². The molecule has 1 aliphatic rings. The third-order valence-corrected chi connectivity index (χ3v) is 3.36. The molecule has 0 saturated carbocycles. The third kappa shape index (κ3) is 3.72. The molecule has 1 fully saturated rings. The number of ether oxygens (including phenoxy) is 2. The number of aromatic nitrogens is 2. The Morgan fingerprint density at radius 1 is 1.50 bits per heavy atom. The molecule has 6 nitrogen and oxygen atoms in total. The maximum atomic E-state index is 11.8. The molecule has 20 heavy (non-hydrogen) atoms. The molecule has 1 aromatic heterocycles. The van der Waals surface area contributed by atoms with Gasteiger partial charge in [-0.25, -0.2) is 4.98 Å². The van der Waals surface area contributed by atoms with E-state index in [1.807, 2.05) is 0 Å². The van der Waals surface area contributed by atoms with E-state index in [1.165, 1.54) is 7.11 Å². The van der Waals surface area contributed by atoms with Crippen molar-refractivity contribution in [3.05, 3.63) is 12.3 Å². The molecule has 1 saturated heterocycles. The van der Waals surface area contributed by atoms with Crippen LogP contribution in [0.4, 0.5) is 0 Å². The van der Waals surface area contributed by atoms with E-state index in [0.717, 1.165) is 12.8 Å². The van der Waals surface area contributed by atoms with E-state index >= 15 is 0 Å². The summed E-state index contributed by atoms with van der Waals surface area (Å²) >= 11 is 5.81. The number of hydrogen-bond acceptors (Lipinski definition) is 5. The van der Waals surface area contributed by atoms with Crippen LogP contribution in [0.3, 0.4) is 0 Å². The Bertz CT molecular complexity index is 462. The minimum atomic E-state index is -0.474. The highest BCUT2D eigenvalue weighted by atomic mass is 35.5. The summed E-state index contributed by atoms with van der Waals surface area (Å²) in [7, 11) is 1.51. The fourth-order valence-corrected chi connectivity index (χ4v) is 2.24. The van der Waals surface area contributed by atoms with Crippen LogP contribution >= 0.6 is 11.6 Å². The van der Waals surface area contributed by atoms with Gasteiger partial charge in [-0.3, -0.25) is 4.79 Å². The number of rotatable bonds is 4. The van der Waals surface area contributed by atoms with Crippen molar-refractivity contribution in [2.24, 2.45) is 0 Å². The highest BCUT2D eigenvalue weighted by Crippen LogP contribution is 2.19.